The summed E-state index contributed by atoms with van der Waals surface area (Å²) in [4.78, 5) is 32.6. The van der Waals surface area contributed by atoms with Gasteiger partial charge in [0.05, 0.1) is 40.7 Å². The minimum Gasteiger partial charge on any atom is -0.388 e. The molecule has 1 fully saturated rings. The molecule has 1 amide bonds. The van der Waals surface area contributed by atoms with Gasteiger partial charge >= 0.3 is 0 Å². The molecular formula is C29H30F4N6O3S. The van der Waals surface area contributed by atoms with E-state index in [4.69, 9.17) is 0 Å². The van der Waals surface area contributed by atoms with Crippen LogP contribution in [-0.2, 0) is 17.8 Å². The summed E-state index contributed by atoms with van der Waals surface area (Å²) in [6, 6.07) is 3.10. The number of nitrogens with zero attached hydrogens (tertiary/aromatic N) is 5. The first kappa shape index (κ1) is 29.5. The molecule has 0 bridgehead atoms. The van der Waals surface area contributed by atoms with Gasteiger partial charge in [0.2, 0.25) is 11.9 Å². The zero-order valence-corrected chi connectivity index (χ0v) is 24.1. The molecule has 14 heteroatoms. The molecule has 0 radical (unpaired) electrons. The lowest BCUT2D eigenvalue weighted by Gasteiger charge is -2.38. The highest BCUT2D eigenvalue weighted by Crippen LogP contribution is 2.40. The molecule has 2 unspecified atom stereocenters. The summed E-state index contributed by atoms with van der Waals surface area (Å²) in [6.07, 6.45) is 0.578. The van der Waals surface area contributed by atoms with Gasteiger partial charge in [0, 0.05) is 42.3 Å². The largest absolute Gasteiger partial charge is 0.388 e. The summed E-state index contributed by atoms with van der Waals surface area (Å²) < 4.78 is 58.0. The molecule has 1 aliphatic carbocycles. The normalized spacial score (nSPS) is 18.9. The van der Waals surface area contributed by atoms with Crippen LogP contribution in [-0.4, -0.2) is 67.4 Å². The minimum atomic E-state index is -2.93. The molecule has 9 nitrogen and oxygen atoms in total. The fourth-order valence-corrected chi connectivity index (χ4v) is 7.17. The van der Waals surface area contributed by atoms with Crippen LogP contribution >= 0.6 is 11.3 Å². The van der Waals surface area contributed by atoms with Crippen LogP contribution in [0.3, 0.4) is 0 Å². The Morgan fingerprint density at radius 1 is 1.23 bits per heavy atom. The molecule has 1 aliphatic heterocycles. The third kappa shape index (κ3) is 5.47. The summed E-state index contributed by atoms with van der Waals surface area (Å²) in [7, 11) is 1.85. The Balaban J connectivity index is 1.15. The number of piperidine rings is 1. The van der Waals surface area contributed by atoms with Gasteiger partial charge in [-0.25, -0.2) is 18.2 Å². The van der Waals surface area contributed by atoms with Crippen LogP contribution in [0.2, 0.25) is 0 Å². The van der Waals surface area contributed by atoms with E-state index in [9.17, 15) is 27.9 Å². The van der Waals surface area contributed by atoms with E-state index >= 15 is 4.39 Å². The van der Waals surface area contributed by atoms with Crippen LogP contribution in [0.15, 0.2) is 40.9 Å². The van der Waals surface area contributed by atoms with Crippen molar-refractivity contribution in [3.63, 3.8) is 0 Å². The van der Waals surface area contributed by atoms with E-state index in [0.29, 0.717) is 33.3 Å². The van der Waals surface area contributed by atoms with E-state index < -0.39 is 36.3 Å². The number of halogens is 4. The Hall–Kier alpha value is -3.62. The van der Waals surface area contributed by atoms with Gasteiger partial charge in [-0.3, -0.25) is 18.8 Å². The number of hydrogen-bond donors (Lipinski definition) is 2. The Labute approximate surface area is 247 Å². The quantitative estimate of drug-likeness (QED) is 0.289. The van der Waals surface area contributed by atoms with Gasteiger partial charge in [-0.1, -0.05) is 12.1 Å². The van der Waals surface area contributed by atoms with Gasteiger partial charge < -0.3 is 15.3 Å². The molecule has 1 saturated heterocycles. The molecule has 2 N–H and O–H groups in total. The van der Waals surface area contributed by atoms with Crippen molar-refractivity contribution >= 4 is 28.1 Å². The Kier molecular flexibility index (Phi) is 7.86. The van der Waals surface area contributed by atoms with Gasteiger partial charge in [0.15, 0.2) is 0 Å². The first-order valence-corrected chi connectivity index (χ1v) is 14.9. The number of aromatic nitrogens is 4. The summed E-state index contributed by atoms with van der Waals surface area (Å²) in [5, 5.41) is 19.8. The first-order valence-electron chi connectivity index (χ1n) is 14.0. The highest BCUT2D eigenvalue weighted by atomic mass is 32.1. The maximum absolute atomic E-state index is 15.5. The molecule has 228 valence electrons. The summed E-state index contributed by atoms with van der Waals surface area (Å²) >= 11 is 1.24. The number of thiophene rings is 1. The number of rotatable bonds is 8. The number of hydrogen-bond acceptors (Lipinski definition) is 7. The SMILES string of the molecule is CNC1CCc2c1ccc(-c1scc3c(=O)n(CC4(O)CCN(C(=O)CC(C(F)F)n5ccc(F)n5)CC4)cnc13)c2F. The topological polar surface area (TPSA) is 105 Å². The first-order chi connectivity index (χ1) is 20.6. The Morgan fingerprint density at radius 2 is 2.00 bits per heavy atom. The Bertz CT molecular complexity index is 1730. The van der Waals surface area contributed by atoms with E-state index in [1.54, 1.807) is 11.4 Å². The fraction of sp³-hybridized carbons (Fsp3) is 0.448. The molecule has 2 atom stereocenters. The molecule has 3 aromatic heterocycles. The maximum Gasteiger partial charge on any atom is 0.262 e. The maximum atomic E-state index is 15.5. The zero-order chi connectivity index (χ0) is 30.5. The minimum absolute atomic E-state index is 0.0766. The summed E-state index contributed by atoms with van der Waals surface area (Å²) in [6.45, 7) is 0.114. The van der Waals surface area contributed by atoms with Gasteiger partial charge in [-0.2, -0.15) is 4.39 Å². The molecule has 0 saturated carbocycles. The lowest BCUT2D eigenvalue weighted by Crippen LogP contribution is -2.50. The second-order valence-corrected chi connectivity index (χ2v) is 12.1. The van der Waals surface area contributed by atoms with E-state index in [-0.39, 0.29) is 49.9 Å². The van der Waals surface area contributed by atoms with Crippen molar-refractivity contribution in [1.29, 1.82) is 0 Å². The Morgan fingerprint density at radius 3 is 2.67 bits per heavy atom. The number of nitrogens with one attached hydrogen (secondary N) is 1. The average molecular weight is 619 g/mol. The number of likely N-dealkylation sites (tertiary alicyclic amines) is 1. The van der Waals surface area contributed by atoms with Crippen LogP contribution in [0, 0.1) is 11.8 Å². The number of aliphatic hydroxyl groups is 1. The number of carbonyl (C=O) groups is 1. The van der Waals surface area contributed by atoms with Crippen molar-refractivity contribution < 1.29 is 27.5 Å². The van der Waals surface area contributed by atoms with Crippen molar-refractivity contribution in [2.24, 2.45) is 0 Å². The average Bonchev–Trinajstić information content (AvgIpc) is 3.72. The van der Waals surface area contributed by atoms with Gasteiger partial charge in [-0.05, 0) is 43.9 Å². The van der Waals surface area contributed by atoms with E-state index in [0.717, 1.165) is 28.9 Å². The van der Waals surface area contributed by atoms with Crippen LogP contribution in [0.25, 0.3) is 21.3 Å². The lowest BCUT2D eigenvalue weighted by molar-refractivity contribution is -0.138. The molecule has 4 heterocycles. The van der Waals surface area contributed by atoms with Crippen LogP contribution in [0.5, 0.6) is 0 Å². The fourth-order valence-electron chi connectivity index (χ4n) is 6.16. The van der Waals surface area contributed by atoms with Gasteiger partial charge in [0.1, 0.15) is 11.9 Å². The smallest absolute Gasteiger partial charge is 0.262 e. The van der Waals surface area contributed by atoms with Gasteiger partial charge in [0.25, 0.3) is 12.0 Å². The zero-order valence-electron chi connectivity index (χ0n) is 23.3. The van der Waals surface area contributed by atoms with Crippen LogP contribution in [0.4, 0.5) is 17.6 Å². The number of fused-ring (bicyclic) bond motifs is 2. The standard InChI is InChI=1S/C29H30F4N6O3S/c1-34-20-5-4-17-16(20)2-3-18(24(17)31)26-25-19(13-43-26)28(41)38(15-35-25)14-29(42)7-10-37(11-8-29)23(40)12-21(27(32)33)39-9-6-22(30)36-39/h2-3,6,9,13,15,20-21,27,34,42H,4-5,7-8,10-12,14H2,1H3. The van der Waals surface area contributed by atoms with Crippen LogP contribution < -0.4 is 10.9 Å². The van der Waals surface area contributed by atoms with Crippen molar-refractivity contribution in [2.45, 2.75) is 62.8 Å². The van der Waals surface area contributed by atoms with Crippen molar-refractivity contribution in [3.8, 4) is 10.4 Å². The lowest BCUT2D eigenvalue weighted by atomic mass is 9.91. The third-order valence-corrected chi connectivity index (χ3v) is 9.62. The monoisotopic (exact) mass is 618 g/mol. The van der Waals surface area contributed by atoms with Crippen molar-refractivity contribution in [2.75, 3.05) is 20.1 Å². The molecule has 0 spiro atoms. The van der Waals surface area contributed by atoms with Crippen molar-refractivity contribution in [1.82, 2.24) is 29.5 Å². The predicted molar refractivity (Wildman–Crippen MR) is 152 cm³/mol. The molecular weight excluding hydrogens is 588 g/mol. The number of benzene rings is 1. The summed E-state index contributed by atoms with van der Waals surface area (Å²) in [5.74, 6) is -1.77. The van der Waals surface area contributed by atoms with E-state index in [1.807, 2.05) is 13.1 Å². The number of carbonyl (C=O) groups excluding carboxylic acids is 1. The molecule has 6 rings (SSSR count). The third-order valence-electron chi connectivity index (χ3n) is 8.62. The van der Waals surface area contributed by atoms with Gasteiger partial charge in [-0.15, -0.1) is 16.4 Å². The van der Waals surface area contributed by atoms with Crippen molar-refractivity contribution in [3.05, 3.63) is 69.3 Å². The predicted octanol–water partition coefficient (Wildman–Crippen LogP) is 4.06. The molecule has 43 heavy (non-hydrogen) atoms. The molecule has 1 aromatic carbocycles. The highest BCUT2D eigenvalue weighted by molar-refractivity contribution is 7.15. The van der Waals surface area contributed by atoms with Crippen LogP contribution in [0.1, 0.15) is 48.9 Å². The molecule has 4 aromatic rings. The summed E-state index contributed by atoms with van der Waals surface area (Å²) in [5.41, 5.74) is 0.719. The highest BCUT2D eigenvalue weighted by Gasteiger charge is 2.37. The van der Waals surface area contributed by atoms with E-state index in [2.05, 4.69) is 15.4 Å². The van der Waals surface area contributed by atoms with E-state index in [1.165, 1.54) is 27.1 Å². The second-order valence-electron chi connectivity index (χ2n) is 11.2. The number of alkyl halides is 2. The number of amides is 1. The molecule has 2 aliphatic rings. The second kappa shape index (κ2) is 11.5.